The lowest BCUT2D eigenvalue weighted by Crippen LogP contribution is -2.32. The van der Waals surface area contributed by atoms with Gasteiger partial charge in [0.2, 0.25) is 0 Å². The first-order chi connectivity index (χ1) is 14.0. The number of aryl methyl sites for hydroxylation is 1. The first-order valence-corrected chi connectivity index (χ1v) is 10.1. The average Bonchev–Trinajstić information content (AvgIpc) is 2.72. The van der Waals surface area contributed by atoms with Gasteiger partial charge in [0.1, 0.15) is 5.49 Å². The molecule has 0 N–H and O–H groups in total. The largest absolute Gasteiger partial charge is 0.493 e. The lowest BCUT2D eigenvalue weighted by atomic mass is 9.96. The molecule has 1 aromatic carbocycles. The highest BCUT2D eigenvalue weighted by atomic mass is 16.5. The lowest BCUT2D eigenvalue weighted by molar-refractivity contribution is 0.0828. The van der Waals surface area contributed by atoms with Gasteiger partial charge in [-0.3, -0.25) is 19.1 Å². The maximum absolute atomic E-state index is 12.8. The van der Waals surface area contributed by atoms with Crippen LogP contribution in [-0.2, 0) is 0 Å². The Labute approximate surface area is 171 Å². The molecule has 0 radical (unpaired) electrons. The van der Waals surface area contributed by atoms with Crippen LogP contribution >= 0.6 is 0 Å². The molecule has 154 valence electrons. The number of aromatic nitrogens is 1. The van der Waals surface area contributed by atoms with Crippen LogP contribution in [0.3, 0.4) is 0 Å². The highest BCUT2D eigenvalue weighted by Gasteiger charge is 2.15. The maximum atomic E-state index is 12.8. The van der Waals surface area contributed by atoms with Gasteiger partial charge in [0.05, 0.1) is 13.2 Å². The lowest BCUT2D eigenvalue weighted by Gasteiger charge is -2.18. The first-order valence-electron chi connectivity index (χ1n) is 10.1. The van der Waals surface area contributed by atoms with E-state index in [1.807, 2.05) is 19.1 Å². The summed E-state index contributed by atoms with van der Waals surface area (Å²) in [4.78, 5) is 29.2. The fourth-order valence-electron chi connectivity index (χ4n) is 3.51. The normalized spacial score (nSPS) is 15.2. The molecule has 1 aromatic heterocycles. The molecule has 0 aliphatic heterocycles. The summed E-state index contributed by atoms with van der Waals surface area (Å²) in [6, 6.07) is 9.02. The van der Waals surface area contributed by atoms with E-state index in [4.69, 9.17) is 14.5 Å². The predicted molar refractivity (Wildman–Crippen MR) is 111 cm³/mol. The third-order valence-corrected chi connectivity index (χ3v) is 5.17. The van der Waals surface area contributed by atoms with E-state index >= 15 is 0 Å². The van der Waals surface area contributed by atoms with Crippen molar-refractivity contribution in [2.45, 2.75) is 52.0 Å². The Bertz CT molecular complexity index is 956. The van der Waals surface area contributed by atoms with Gasteiger partial charge in [-0.1, -0.05) is 19.3 Å². The predicted octanol–water partition coefficient (Wildman–Crippen LogP) is 3.96. The van der Waals surface area contributed by atoms with Crippen LogP contribution in [-0.4, -0.2) is 36.0 Å². The number of methoxy groups -OCH3 is 1. The van der Waals surface area contributed by atoms with E-state index in [1.165, 1.54) is 33.3 Å². The number of carbonyl (C=O) groups excluding carboxylic acids is 2. The van der Waals surface area contributed by atoms with Crippen LogP contribution in [0.4, 0.5) is 0 Å². The number of Topliss-reactive ketones (excluding diaryl/α,β-unsaturated/α-hetero) is 1. The number of hydrogen-bond acceptors (Lipinski definition) is 5. The number of hydrogen-bond donors (Lipinski definition) is 0. The van der Waals surface area contributed by atoms with Crippen LogP contribution in [0.25, 0.3) is 0 Å². The third-order valence-electron chi connectivity index (χ3n) is 5.17. The molecule has 0 bridgehead atoms. The van der Waals surface area contributed by atoms with Gasteiger partial charge in [-0.25, -0.2) is 0 Å². The van der Waals surface area contributed by atoms with Crippen molar-refractivity contribution in [3.05, 3.63) is 53.1 Å². The zero-order valence-corrected chi connectivity index (χ0v) is 17.3. The summed E-state index contributed by atoms with van der Waals surface area (Å²) in [6.45, 7) is 3.33. The van der Waals surface area contributed by atoms with E-state index in [1.54, 1.807) is 29.0 Å². The summed E-state index contributed by atoms with van der Waals surface area (Å²) in [7, 11) is 1.50. The maximum Gasteiger partial charge on any atom is 0.270 e. The Kier molecular flexibility index (Phi) is 6.86. The topological polar surface area (TPSA) is 69.9 Å². The van der Waals surface area contributed by atoms with Crippen molar-refractivity contribution in [1.29, 1.82) is 0 Å². The summed E-state index contributed by atoms with van der Waals surface area (Å²) in [5.41, 5.74) is 2.26. The van der Waals surface area contributed by atoms with Crippen molar-refractivity contribution < 1.29 is 19.1 Å². The third kappa shape index (κ3) is 5.34. The van der Waals surface area contributed by atoms with Gasteiger partial charge >= 0.3 is 0 Å². The zero-order chi connectivity index (χ0) is 20.8. The van der Waals surface area contributed by atoms with Crippen molar-refractivity contribution in [3.63, 3.8) is 0 Å². The van der Waals surface area contributed by atoms with E-state index < -0.39 is 0 Å². The monoisotopic (exact) mass is 396 g/mol. The number of carbonyl (C=O) groups is 2. The minimum atomic E-state index is -0.211. The van der Waals surface area contributed by atoms with Crippen LogP contribution in [0.5, 0.6) is 11.5 Å². The number of nitrogens with zero attached hydrogens (tertiary/aromatic N) is 2. The molecule has 0 saturated heterocycles. The molecule has 3 rings (SSSR count). The molecule has 0 amide bonds. The molecule has 6 nitrogen and oxygen atoms in total. The number of ether oxygens (including phenoxy) is 2. The fourth-order valence-corrected chi connectivity index (χ4v) is 3.51. The highest BCUT2D eigenvalue weighted by molar-refractivity contribution is 5.94. The van der Waals surface area contributed by atoms with E-state index in [9.17, 15) is 9.59 Å². The summed E-state index contributed by atoms with van der Waals surface area (Å²) >= 11 is 0. The van der Waals surface area contributed by atoms with E-state index in [2.05, 4.69) is 0 Å². The molecule has 1 aliphatic rings. The van der Waals surface area contributed by atoms with E-state index in [0.29, 0.717) is 22.6 Å². The fraction of sp³-hybridized carbons (Fsp3) is 0.435. The van der Waals surface area contributed by atoms with Crippen LogP contribution in [0.2, 0.25) is 0 Å². The van der Waals surface area contributed by atoms with E-state index in [-0.39, 0.29) is 24.3 Å². The second-order valence-electron chi connectivity index (χ2n) is 7.46. The van der Waals surface area contributed by atoms with Crippen molar-refractivity contribution in [1.82, 2.24) is 4.57 Å². The molecule has 29 heavy (non-hydrogen) atoms. The van der Waals surface area contributed by atoms with Gasteiger partial charge < -0.3 is 9.47 Å². The average molecular weight is 396 g/mol. The minimum Gasteiger partial charge on any atom is -0.493 e. The Hall–Kier alpha value is -2.89. The van der Waals surface area contributed by atoms with Gasteiger partial charge in [-0.15, -0.1) is 0 Å². The SMILES string of the molecule is COc1cc(C(C)=O)ccc1OCC(=O)n1ccc(C)cc1=NC1CCCCC1. The van der Waals surface area contributed by atoms with Crippen molar-refractivity contribution in [2.24, 2.45) is 4.99 Å². The molecule has 1 saturated carbocycles. The van der Waals surface area contributed by atoms with Crippen LogP contribution in [0.1, 0.15) is 59.7 Å². The highest BCUT2D eigenvalue weighted by Crippen LogP contribution is 2.28. The van der Waals surface area contributed by atoms with Gasteiger partial charge in [-0.2, -0.15) is 0 Å². The Balaban J connectivity index is 1.79. The minimum absolute atomic E-state index is 0.0601. The summed E-state index contributed by atoms with van der Waals surface area (Å²) in [6.07, 6.45) is 7.52. The number of benzene rings is 1. The van der Waals surface area contributed by atoms with Crippen LogP contribution in [0, 0.1) is 6.92 Å². The summed E-state index contributed by atoms with van der Waals surface area (Å²) in [5.74, 6) is 0.572. The van der Waals surface area contributed by atoms with Crippen molar-refractivity contribution >= 4 is 11.7 Å². The quantitative estimate of drug-likeness (QED) is 0.693. The molecule has 1 heterocycles. The molecule has 0 spiro atoms. The number of pyridine rings is 1. The van der Waals surface area contributed by atoms with Gasteiger partial charge in [0.25, 0.3) is 5.91 Å². The van der Waals surface area contributed by atoms with Gasteiger partial charge in [0, 0.05) is 11.8 Å². The molecule has 0 unspecified atom stereocenters. The molecule has 2 aromatic rings. The molecular weight excluding hydrogens is 368 g/mol. The molecule has 1 fully saturated rings. The first kappa shape index (κ1) is 20.8. The Morgan fingerprint density at radius 3 is 2.55 bits per heavy atom. The standard InChI is InChI=1S/C23H28N2O4/c1-16-11-12-25(22(13-16)24-19-7-5-4-6-8-19)23(27)15-29-20-10-9-18(17(2)26)14-21(20)28-3/h9-14,19H,4-8,15H2,1-3H3. The molecule has 6 heteroatoms. The Morgan fingerprint density at radius 1 is 1.10 bits per heavy atom. The van der Waals surface area contributed by atoms with Crippen LogP contribution in [0.15, 0.2) is 41.5 Å². The molecule has 1 aliphatic carbocycles. The van der Waals surface area contributed by atoms with Crippen molar-refractivity contribution in [2.75, 3.05) is 13.7 Å². The second kappa shape index (κ2) is 9.54. The Morgan fingerprint density at radius 2 is 1.86 bits per heavy atom. The van der Waals surface area contributed by atoms with Gasteiger partial charge in [-0.05, 0) is 62.6 Å². The summed E-state index contributed by atoms with van der Waals surface area (Å²) < 4.78 is 12.6. The zero-order valence-electron chi connectivity index (χ0n) is 17.3. The van der Waals surface area contributed by atoms with Gasteiger partial charge in [0.15, 0.2) is 23.9 Å². The van der Waals surface area contributed by atoms with Crippen LogP contribution < -0.4 is 15.0 Å². The number of ketones is 1. The van der Waals surface area contributed by atoms with E-state index in [0.717, 1.165) is 18.4 Å². The molecule has 0 atom stereocenters. The number of rotatable bonds is 6. The smallest absolute Gasteiger partial charge is 0.270 e. The molecular formula is C23H28N2O4. The van der Waals surface area contributed by atoms with Crippen molar-refractivity contribution in [3.8, 4) is 11.5 Å². The second-order valence-corrected chi connectivity index (χ2v) is 7.46. The summed E-state index contributed by atoms with van der Waals surface area (Å²) in [5, 5.41) is 0.